The fourth-order valence-electron chi connectivity index (χ4n) is 2.68. The van der Waals surface area contributed by atoms with Crippen molar-refractivity contribution < 1.29 is 27.5 Å². The highest BCUT2D eigenvalue weighted by Gasteiger charge is 2.30. The van der Waals surface area contributed by atoms with Crippen LogP contribution in [0.25, 0.3) is 0 Å². The van der Waals surface area contributed by atoms with Gasteiger partial charge in [0.1, 0.15) is 5.75 Å². The standard InChI is InChI=1S/C18H14F3NO3/c19-18(20,21)11-4-6-12(7-5-11)22-17(24)10-25-16-3-1-2-13-14(16)8-9-15(13)23/h1-7H,8-10H2,(H,22,24). The van der Waals surface area contributed by atoms with Crippen molar-refractivity contribution in [2.45, 2.75) is 19.0 Å². The molecule has 2 aromatic rings. The number of ether oxygens (including phenoxy) is 1. The lowest BCUT2D eigenvalue weighted by molar-refractivity contribution is -0.137. The molecule has 4 nitrogen and oxygen atoms in total. The Morgan fingerprint density at radius 1 is 1.08 bits per heavy atom. The lowest BCUT2D eigenvalue weighted by Gasteiger charge is -2.11. The Hall–Kier alpha value is -2.83. The molecule has 25 heavy (non-hydrogen) atoms. The van der Waals surface area contributed by atoms with E-state index in [4.69, 9.17) is 4.74 Å². The molecule has 0 atom stereocenters. The second-order valence-electron chi connectivity index (χ2n) is 5.62. The zero-order chi connectivity index (χ0) is 18.0. The summed E-state index contributed by atoms with van der Waals surface area (Å²) in [7, 11) is 0. The molecule has 0 radical (unpaired) electrons. The van der Waals surface area contributed by atoms with Crippen LogP contribution in [-0.2, 0) is 17.4 Å². The normalized spacial score (nSPS) is 13.5. The van der Waals surface area contributed by atoms with Gasteiger partial charge in [-0.25, -0.2) is 0 Å². The summed E-state index contributed by atoms with van der Waals surface area (Å²) in [6.07, 6.45) is -3.42. The summed E-state index contributed by atoms with van der Waals surface area (Å²) in [6, 6.07) is 9.24. The van der Waals surface area contributed by atoms with Crippen LogP contribution in [0, 0.1) is 0 Å². The molecule has 0 unspecified atom stereocenters. The number of hydrogen-bond donors (Lipinski definition) is 1. The van der Waals surface area contributed by atoms with Gasteiger partial charge in [0.15, 0.2) is 12.4 Å². The fraction of sp³-hybridized carbons (Fsp3) is 0.222. The SMILES string of the molecule is O=C(COc1cccc2c1CCC2=O)Nc1ccc(C(F)(F)F)cc1. The molecule has 7 heteroatoms. The number of amides is 1. The first kappa shape index (κ1) is 17.0. The maximum Gasteiger partial charge on any atom is 0.416 e. The van der Waals surface area contributed by atoms with Crippen molar-refractivity contribution in [3.63, 3.8) is 0 Å². The Morgan fingerprint density at radius 2 is 1.80 bits per heavy atom. The second kappa shape index (κ2) is 6.58. The molecule has 2 aromatic carbocycles. The lowest BCUT2D eigenvalue weighted by Crippen LogP contribution is -2.20. The third-order valence-electron chi connectivity index (χ3n) is 3.89. The highest BCUT2D eigenvalue weighted by Crippen LogP contribution is 2.31. The molecule has 1 N–H and O–H groups in total. The number of rotatable bonds is 4. The molecule has 1 aliphatic rings. The third-order valence-corrected chi connectivity index (χ3v) is 3.89. The summed E-state index contributed by atoms with van der Waals surface area (Å²) in [6.45, 7) is -0.300. The van der Waals surface area contributed by atoms with Crippen LogP contribution < -0.4 is 10.1 Å². The average molecular weight is 349 g/mol. The Bertz CT molecular complexity index is 813. The molecule has 0 heterocycles. The van der Waals surface area contributed by atoms with Gasteiger partial charge in [-0.05, 0) is 36.8 Å². The monoisotopic (exact) mass is 349 g/mol. The minimum atomic E-state index is -4.42. The van der Waals surface area contributed by atoms with E-state index in [1.54, 1.807) is 18.2 Å². The Kier molecular flexibility index (Phi) is 4.48. The zero-order valence-corrected chi connectivity index (χ0v) is 13.0. The van der Waals surface area contributed by atoms with Crippen molar-refractivity contribution in [1.29, 1.82) is 0 Å². The summed E-state index contributed by atoms with van der Waals surface area (Å²) in [5.41, 5.74) is 0.858. The number of Topliss-reactive ketones (excluding diaryl/α,β-unsaturated/α-hetero) is 1. The maximum atomic E-state index is 12.5. The van der Waals surface area contributed by atoms with Crippen molar-refractivity contribution >= 4 is 17.4 Å². The largest absolute Gasteiger partial charge is 0.483 e. The van der Waals surface area contributed by atoms with E-state index in [2.05, 4.69) is 5.32 Å². The van der Waals surface area contributed by atoms with Crippen LogP contribution in [0.5, 0.6) is 5.75 Å². The Labute approximate surface area is 141 Å². The molecular weight excluding hydrogens is 335 g/mol. The van der Waals surface area contributed by atoms with Gasteiger partial charge in [0.2, 0.25) is 0 Å². The fourth-order valence-corrected chi connectivity index (χ4v) is 2.68. The van der Waals surface area contributed by atoms with Gasteiger partial charge >= 0.3 is 6.18 Å². The van der Waals surface area contributed by atoms with Crippen LogP contribution in [0.2, 0.25) is 0 Å². The lowest BCUT2D eigenvalue weighted by atomic mass is 10.1. The molecule has 0 aromatic heterocycles. The first-order chi connectivity index (χ1) is 11.8. The number of nitrogens with one attached hydrogen (secondary N) is 1. The number of alkyl halides is 3. The minimum Gasteiger partial charge on any atom is -0.483 e. The highest BCUT2D eigenvalue weighted by molar-refractivity contribution is 6.01. The molecule has 0 fully saturated rings. The molecule has 0 bridgehead atoms. The van der Waals surface area contributed by atoms with Crippen LogP contribution in [0.1, 0.15) is 27.9 Å². The number of anilines is 1. The third kappa shape index (κ3) is 3.81. The van der Waals surface area contributed by atoms with E-state index in [0.717, 1.165) is 17.7 Å². The van der Waals surface area contributed by atoms with E-state index in [0.29, 0.717) is 24.2 Å². The van der Waals surface area contributed by atoms with Crippen molar-refractivity contribution in [2.75, 3.05) is 11.9 Å². The van der Waals surface area contributed by atoms with Crippen LogP contribution in [0.15, 0.2) is 42.5 Å². The predicted octanol–water partition coefficient (Wildman–Crippen LogP) is 3.85. The van der Waals surface area contributed by atoms with Gasteiger partial charge in [0, 0.05) is 23.2 Å². The van der Waals surface area contributed by atoms with E-state index < -0.39 is 17.6 Å². The van der Waals surface area contributed by atoms with Crippen molar-refractivity contribution in [1.82, 2.24) is 0 Å². The summed E-state index contributed by atoms with van der Waals surface area (Å²) in [5, 5.41) is 2.47. The molecule has 0 spiro atoms. The smallest absolute Gasteiger partial charge is 0.416 e. The minimum absolute atomic E-state index is 0.0506. The van der Waals surface area contributed by atoms with Crippen LogP contribution in [0.4, 0.5) is 18.9 Å². The van der Waals surface area contributed by atoms with Crippen molar-refractivity contribution in [2.24, 2.45) is 0 Å². The second-order valence-corrected chi connectivity index (χ2v) is 5.62. The van der Waals surface area contributed by atoms with E-state index in [9.17, 15) is 22.8 Å². The molecular formula is C18H14F3NO3. The molecule has 0 saturated carbocycles. The first-order valence-corrected chi connectivity index (χ1v) is 7.59. The molecule has 0 saturated heterocycles. The van der Waals surface area contributed by atoms with Gasteiger partial charge in [-0.3, -0.25) is 9.59 Å². The van der Waals surface area contributed by atoms with Crippen LogP contribution >= 0.6 is 0 Å². The van der Waals surface area contributed by atoms with Gasteiger partial charge in [-0.2, -0.15) is 13.2 Å². The first-order valence-electron chi connectivity index (χ1n) is 7.59. The number of hydrogen-bond acceptors (Lipinski definition) is 3. The predicted molar refractivity (Wildman–Crippen MR) is 84.7 cm³/mol. The van der Waals surface area contributed by atoms with Crippen molar-refractivity contribution in [3.8, 4) is 5.75 Å². The number of carbonyl (C=O) groups excluding carboxylic acids is 2. The van der Waals surface area contributed by atoms with Crippen molar-refractivity contribution in [3.05, 3.63) is 59.2 Å². The molecule has 1 aliphatic carbocycles. The molecule has 3 rings (SSSR count). The van der Waals surface area contributed by atoms with Crippen LogP contribution in [-0.4, -0.2) is 18.3 Å². The quantitative estimate of drug-likeness (QED) is 0.912. The summed E-state index contributed by atoms with van der Waals surface area (Å²) in [5.74, 6) is 0.0299. The van der Waals surface area contributed by atoms with Gasteiger partial charge in [0.25, 0.3) is 5.91 Å². The number of halogens is 3. The van der Waals surface area contributed by atoms with Gasteiger partial charge in [0.05, 0.1) is 5.56 Å². The van der Waals surface area contributed by atoms with E-state index in [1.807, 2.05) is 0 Å². The Morgan fingerprint density at radius 3 is 2.48 bits per heavy atom. The number of benzene rings is 2. The number of fused-ring (bicyclic) bond motifs is 1. The number of carbonyl (C=O) groups is 2. The summed E-state index contributed by atoms with van der Waals surface area (Å²) >= 11 is 0. The van der Waals surface area contributed by atoms with Gasteiger partial charge < -0.3 is 10.1 Å². The highest BCUT2D eigenvalue weighted by atomic mass is 19.4. The maximum absolute atomic E-state index is 12.5. The van der Waals surface area contributed by atoms with Crippen LogP contribution in [0.3, 0.4) is 0 Å². The Balaban J connectivity index is 1.60. The van der Waals surface area contributed by atoms with E-state index in [-0.39, 0.29) is 18.1 Å². The summed E-state index contributed by atoms with van der Waals surface area (Å²) in [4.78, 5) is 23.6. The average Bonchev–Trinajstić information content (AvgIpc) is 2.95. The van der Waals surface area contributed by atoms with Gasteiger partial charge in [-0.15, -0.1) is 0 Å². The summed E-state index contributed by atoms with van der Waals surface area (Å²) < 4.78 is 43.0. The van der Waals surface area contributed by atoms with Gasteiger partial charge in [-0.1, -0.05) is 12.1 Å². The van der Waals surface area contributed by atoms with E-state index in [1.165, 1.54) is 12.1 Å². The number of ketones is 1. The molecule has 1 amide bonds. The molecule has 0 aliphatic heterocycles. The topological polar surface area (TPSA) is 55.4 Å². The molecule has 130 valence electrons. The zero-order valence-electron chi connectivity index (χ0n) is 13.0. The van der Waals surface area contributed by atoms with E-state index >= 15 is 0 Å².